The van der Waals surface area contributed by atoms with Gasteiger partial charge in [-0.3, -0.25) is 4.57 Å². The summed E-state index contributed by atoms with van der Waals surface area (Å²) in [7, 11) is 1.61. The summed E-state index contributed by atoms with van der Waals surface area (Å²) in [4.78, 5) is 7.45. The monoisotopic (exact) mass is 291 g/mol. The third-order valence-corrected chi connectivity index (χ3v) is 3.44. The predicted molar refractivity (Wildman–Crippen MR) is 77.8 cm³/mol. The molecular weight excluding hydrogens is 282 g/mol. The number of pyridine rings is 1. The Morgan fingerprint density at radius 2 is 2.21 bits per heavy atom. The first-order chi connectivity index (χ1) is 9.20. The quantitative estimate of drug-likeness (QED) is 0.731. The van der Waals surface area contributed by atoms with Gasteiger partial charge in [0.2, 0.25) is 0 Å². The van der Waals surface area contributed by atoms with Gasteiger partial charge in [-0.1, -0.05) is 11.6 Å². The van der Waals surface area contributed by atoms with E-state index < -0.39 is 0 Å². The zero-order valence-electron chi connectivity index (χ0n) is 10.1. The first-order valence-corrected chi connectivity index (χ1v) is 6.39. The number of hydrogen-bond acceptors (Lipinski definition) is 3. The fourth-order valence-corrected chi connectivity index (χ4v) is 2.45. The van der Waals surface area contributed by atoms with Crippen LogP contribution in [0.5, 0.6) is 5.75 Å². The van der Waals surface area contributed by atoms with Crippen molar-refractivity contribution in [3.05, 3.63) is 46.3 Å². The predicted octanol–water partition coefficient (Wildman–Crippen LogP) is 3.75. The minimum Gasteiger partial charge on any atom is -0.497 e. The summed E-state index contributed by atoms with van der Waals surface area (Å²) in [5.74, 6) is 0.714. The van der Waals surface area contributed by atoms with Gasteiger partial charge in [0, 0.05) is 12.3 Å². The summed E-state index contributed by atoms with van der Waals surface area (Å²) in [6.45, 7) is 0. The van der Waals surface area contributed by atoms with E-state index in [2.05, 4.69) is 9.97 Å². The van der Waals surface area contributed by atoms with Crippen molar-refractivity contribution in [2.24, 2.45) is 0 Å². The molecule has 3 aromatic rings. The maximum Gasteiger partial charge on any atom is 0.184 e. The smallest absolute Gasteiger partial charge is 0.184 e. The maximum absolute atomic E-state index is 6.25. The second-order valence-electron chi connectivity index (χ2n) is 3.96. The van der Waals surface area contributed by atoms with Crippen LogP contribution in [0.4, 0.5) is 0 Å². The minimum absolute atomic E-state index is 0.545. The molecule has 96 valence electrons. The Balaban J connectivity index is 2.36. The number of aromatic amines is 1. The van der Waals surface area contributed by atoms with Crippen LogP contribution in [0.25, 0.3) is 16.9 Å². The minimum atomic E-state index is 0.545. The number of fused-ring (bicyclic) bond motifs is 1. The first kappa shape index (κ1) is 12.2. The van der Waals surface area contributed by atoms with Crippen LogP contribution in [0.15, 0.2) is 36.5 Å². The maximum atomic E-state index is 6.25. The van der Waals surface area contributed by atoms with Gasteiger partial charge in [-0.2, -0.15) is 0 Å². The van der Waals surface area contributed by atoms with Crippen LogP contribution in [0.3, 0.4) is 0 Å². The van der Waals surface area contributed by atoms with Crippen molar-refractivity contribution >= 4 is 35.0 Å². The van der Waals surface area contributed by atoms with E-state index in [4.69, 9.17) is 28.6 Å². The number of H-pyrrole nitrogens is 1. The van der Waals surface area contributed by atoms with Gasteiger partial charge >= 0.3 is 0 Å². The highest BCUT2D eigenvalue weighted by Crippen LogP contribution is 2.28. The second kappa shape index (κ2) is 4.68. The molecular formula is C13H10ClN3OS. The molecule has 2 heterocycles. The van der Waals surface area contributed by atoms with E-state index in [0.29, 0.717) is 15.5 Å². The van der Waals surface area contributed by atoms with Crippen molar-refractivity contribution in [2.75, 3.05) is 7.11 Å². The Kier molecular flexibility index (Phi) is 3.00. The third kappa shape index (κ3) is 2.01. The first-order valence-electron chi connectivity index (χ1n) is 5.60. The molecule has 0 saturated heterocycles. The molecule has 6 heteroatoms. The third-order valence-electron chi connectivity index (χ3n) is 2.84. The van der Waals surface area contributed by atoms with E-state index in [1.165, 1.54) is 0 Å². The Bertz CT molecular complexity index is 809. The fraction of sp³-hybridized carbons (Fsp3) is 0.0769. The Morgan fingerprint density at radius 3 is 3.00 bits per heavy atom. The number of ether oxygens (including phenoxy) is 1. The molecule has 1 N–H and O–H groups in total. The Labute approximate surface area is 119 Å². The van der Waals surface area contributed by atoms with Crippen LogP contribution in [0.1, 0.15) is 0 Å². The molecule has 0 radical (unpaired) electrons. The lowest BCUT2D eigenvalue weighted by Gasteiger charge is -2.08. The summed E-state index contributed by atoms with van der Waals surface area (Å²) >= 11 is 11.6. The topological polar surface area (TPSA) is 42.8 Å². The van der Waals surface area contributed by atoms with E-state index in [9.17, 15) is 0 Å². The van der Waals surface area contributed by atoms with Crippen molar-refractivity contribution in [3.63, 3.8) is 0 Å². The molecule has 0 aliphatic rings. The van der Waals surface area contributed by atoms with E-state index in [1.54, 1.807) is 30.0 Å². The van der Waals surface area contributed by atoms with Crippen LogP contribution in [-0.2, 0) is 0 Å². The van der Waals surface area contributed by atoms with Gasteiger partial charge in [-0.25, -0.2) is 4.98 Å². The molecule has 0 saturated carbocycles. The van der Waals surface area contributed by atoms with E-state index in [0.717, 1.165) is 16.9 Å². The number of benzene rings is 1. The van der Waals surface area contributed by atoms with Crippen molar-refractivity contribution in [3.8, 4) is 11.4 Å². The van der Waals surface area contributed by atoms with Crippen LogP contribution < -0.4 is 4.74 Å². The van der Waals surface area contributed by atoms with Gasteiger partial charge < -0.3 is 9.72 Å². The lowest BCUT2D eigenvalue weighted by atomic mass is 10.3. The van der Waals surface area contributed by atoms with Crippen LogP contribution >= 0.6 is 23.8 Å². The Morgan fingerprint density at radius 1 is 1.37 bits per heavy atom. The van der Waals surface area contributed by atoms with Gasteiger partial charge in [0.15, 0.2) is 10.4 Å². The number of nitrogens with zero attached hydrogens (tertiary/aromatic N) is 2. The number of nitrogens with one attached hydrogen (secondary N) is 1. The van der Waals surface area contributed by atoms with Gasteiger partial charge in [-0.05, 0) is 36.5 Å². The van der Waals surface area contributed by atoms with Crippen molar-refractivity contribution in [2.45, 2.75) is 0 Å². The fourth-order valence-electron chi connectivity index (χ4n) is 1.95. The number of methoxy groups -OCH3 is 1. The molecule has 1 aromatic carbocycles. The number of halogens is 1. The molecule has 19 heavy (non-hydrogen) atoms. The second-order valence-corrected chi connectivity index (χ2v) is 4.75. The van der Waals surface area contributed by atoms with Crippen molar-refractivity contribution in [1.29, 1.82) is 0 Å². The van der Waals surface area contributed by atoms with Gasteiger partial charge in [0.05, 0.1) is 23.3 Å². The molecule has 0 aliphatic carbocycles. The molecule has 0 unspecified atom stereocenters. The molecule has 0 spiro atoms. The van der Waals surface area contributed by atoms with Gasteiger partial charge in [0.25, 0.3) is 0 Å². The van der Waals surface area contributed by atoms with E-state index in [1.807, 2.05) is 18.2 Å². The van der Waals surface area contributed by atoms with Crippen molar-refractivity contribution in [1.82, 2.24) is 14.5 Å². The van der Waals surface area contributed by atoms with E-state index in [-0.39, 0.29) is 0 Å². The number of hydrogen-bond donors (Lipinski definition) is 1. The highest BCUT2D eigenvalue weighted by Gasteiger charge is 2.11. The highest BCUT2D eigenvalue weighted by molar-refractivity contribution is 7.71. The zero-order valence-corrected chi connectivity index (χ0v) is 11.6. The molecule has 4 nitrogen and oxygen atoms in total. The highest BCUT2D eigenvalue weighted by atomic mass is 35.5. The molecule has 0 atom stereocenters. The Hall–Kier alpha value is -1.85. The molecule has 0 amide bonds. The zero-order chi connectivity index (χ0) is 13.4. The van der Waals surface area contributed by atoms with Crippen molar-refractivity contribution < 1.29 is 4.74 Å². The molecule has 3 rings (SSSR count). The average Bonchev–Trinajstić information content (AvgIpc) is 2.75. The van der Waals surface area contributed by atoms with Gasteiger partial charge in [-0.15, -0.1) is 0 Å². The number of aromatic nitrogens is 3. The van der Waals surface area contributed by atoms with E-state index >= 15 is 0 Å². The molecule has 0 bridgehead atoms. The number of imidazole rings is 1. The SMILES string of the molecule is COc1ccc(Cl)c(-n2c(=S)[nH]c3cccnc32)c1. The van der Waals surface area contributed by atoms with Crippen LogP contribution in [-0.4, -0.2) is 21.6 Å². The van der Waals surface area contributed by atoms with Gasteiger partial charge in [0.1, 0.15) is 5.75 Å². The summed E-state index contributed by atoms with van der Waals surface area (Å²) in [5.41, 5.74) is 2.35. The molecule has 2 aromatic heterocycles. The normalized spacial score (nSPS) is 10.8. The summed E-state index contributed by atoms with van der Waals surface area (Å²) < 4.78 is 7.57. The standard InChI is InChI=1S/C13H10ClN3OS/c1-18-8-4-5-9(14)11(7-8)17-12-10(16-13(17)19)3-2-6-15-12/h2-7H,1H3,(H,16,19). The summed E-state index contributed by atoms with van der Waals surface area (Å²) in [5, 5.41) is 0.587. The number of rotatable bonds is 2. The van der Waals surface area contributed by atoms with Crippen LogP contribution in [0.2, 0.25) is 5.02 Å². The summed E-state index contributed by atoms with van der Waals surface area (Å²) in [6, 6.07) is 9.19. The lowest BCUT2D eigenvalue weighted by Crippen LogP contribution is -1.97. The average molecular weight is 292 g/mol. The summed E-state index contributed by atoms with van der Waals surface area (Å²) in [6.07, 6.45) is 1.72. The largest absolute Gasteiger partial charge is 0.497 e. The molecule has 0 fully saturated rings. The lowest BCUT2D eigenvalue weighted by molar-refractivity contribution is 0.414. The molecule has 0 aliphatic heterocycles. The van der Waals surface area contributed by atoms with Crippen LogP contribution in [0, 0.1) is 4.77 Å².